The largest absolute Gasteiger partial charge is 0.492 e. The van der Waals surface area contributed by atoms with Crippen LogP contribution in [0.5, 0.6) is 5.75 Å². The zero-order valence-electron chi connectivity index (χ0n) is 16.9. The summed E-state index contributed by atoms with van der Waals surface area (Å²) in [4.78, 5) is 12.2. The van der Waals surface area contributed by atoms with Crippen molar-refractivity contribution in [1.29, 1.82) is 0 Å². The summed E-state index contributed by atoms with van der Waals surface area (Å²) < 4.78 is 30.9. The topological polar surface area (TPSA) is 75.7 Å². The van der Waals surface area contributed by atoms with Crippen molar-refractivity contribution >= 4 is 15.9 Å². The van der Waals surface area contributed by atoms with E-state index in [-0.39, 0.29) is 19.0 Å². The molecule has 1 N–H and O–H groups in total. The van der Waals surface area contributed by atoms with E-state index >= 15 is 0 Å². The van der Waals surface area contributed by atoms with Crippen molar-refractivity contribution in [3.63, 3.8) is 0 Å². The predicted molar refractivity (Wildman–Crippen MR) is 111 cm³/mol. The van der Waals surface area contributed by atoms with Gasteiger partial charge in [-0.15, -0.1) is 0 Å². The van der Waals surface area contributed by atoms with Crippen LogP contribution >= 0.6 is 0 Å². The van der Waals surface area contributed by atoms with E-state index in [2.05, 4.69) is 5.32 Å². The summed E-state index contributed by atoms with van der Waals surface area (Å²) in [5, 5.41) is 2.71. The highest BCUT2D eigenvalue weighted by atomic mass is 32.2. The summed E-state index contributed by atoms with van der Waals surface area (Å²) >= 11 is 0. The van der Waals surface area contributed by atoms with E-state index < -0.39 is 10.0 Å². The van der Waals surface area contributed by atoms with Gasteiger partial charge in [-0.2, -0.15) is 4.31 Å². The maximum atomic E-state index is 12.2. The fourth-order valence-electron chi connectivity index (χ4n) is 2.57. The lowest BCUT2D eigenvalue weighted by Gasteiger charge is -2.19. The molecule has 0 spiro atoms. The molecule has 0 fully saturated rings. The Morgan fingerprint density at radius 2 is 1.71 bits per heavy atom. The first-order chi connectivity index (χ1) is 13.1. The molecule has 152 valence electrons. The molecule has 1 amide bonds. The Balaban J connectivity index is 1.84. The Bertz CT molecular complexity index is 909. The van der Waals surface area contributed by atoms with Gasteiger partial charge >= 0.3 is 0 Å². The van der Waals surface area contributed by atoms with Crippen molar-refractivity contribution in [2.45, 2.75) is 27.3 Å². The first kappa shape index (κ1) is 21.9. The highest BCUT2D eigenvalue weighted by molar-refractivity contribution is 7.88. The number of aryl methyl sites for hydroxylation is 3. The zero-order chi connectivity index (χ0) is 20.7. The van der Waals surface area contributed by atoms with E-state index in [0.717, 1.165) is 33.0 Å². The molecular formula is C21H28N2O4S. The Hall–Kier alpha value is -2.38. The molecule has 0 heterocycles. The molecule has 2 aromatic rings. The first-order valence-corrected chi connectivity index (χ1v) is 11.0. The second kappa shape index (κ2) is 9.71. The second-order valence-corrected chi connectivity index (χ2v) is 8.94. The van der Waals surface area contributed by atoms with Crippen molar-refractivity contribution in [3.8, 4) is 5.75 Å². The zero-order valence-corrected chi connectivity index (χ0v) is 17.7. The summed E-state index contributed by atoms with van der Waals surface area (Å²) in [6.07, 6.45) is 1.11. The van der Waals surface area contributed by atoms with Gasteiger partial charge in [0.25, 0.3) is 0 Å². The third-order valence-corrected chi connectivity index (χ3v) is 5.64. The number of carbonyl (C=O) groups is 1. The van der Waals surface area contributed by atoms with Crippen LogP contribution in [-0.2, 0) is 21.4 Å². The molecule has 0 aromatic heterocycles. The number of hydrogen-bond acceptors (Lipinski definition) is 4. The van der Waals surface area contributed by atoms with Crippen LogP contribution < -0.4 is 10.1 Å². The molecule has 7 heteroatoms. The van der Waals surface area contributed by atoms with Gasteiger partial charge in [0, 0.05) is 6.54 Å². The smallest absolute Gasteiger partial charge is 0.235 e. The van der Waals surface area contributed by atoms with Crippen molar-refractivity contribution in [2.75, 3.05) is 26.0 Å². The SMILES string of the molecule is Cc1ccc(CN(CC(=O)NCCOc2ccc(C)c(C)c2)S(C)(=O)=O)cc1. The highest BCUT2D eigenvalue weighted by Crippen LogP contribution is 2.16. The van der Waals surface area contributed by atoms with Crippen LogP contribution in [0.15, 0.2) is 42.5 Å². The molecule has 2 aromatic carbocycles. The van der Waals surface area contributed by atoms with Crippen molar-refractivity contribution in [2.24, 2.45) is 0 Å². The summed E-state index contributed by atoms with van der Waals surface area (Å²) in [7, 11) is -3.51. The highest BCUT2D eigenvalue weighted by Gasteiger charge is 2.20. The third kappa shape index (κ3) is 6.98. The van der Waals surface area contributed by atoms with Gasteiger partial charge in [0.2, 0.25) is 15.9 Å². The number of carbonyl (C=O) groups excluding carboxylic acids is 1. The van der Waals surface area contributed by atoms with Gasteiger partial charge in [0.05, 0.1) is 19.3 Å². The molecule has 6 nitrogen and oxygen atoms in total. The number of sulfonamides is 1. The molecule has 0 radical (unpaired) electrons. The Morgan fingerprint density at radius 1 is 1.04 bits per heavy atom. The number of rotatable bonds is 9. The fourth-order valence-corrected chi connectivity index (χ4v) is 3.30. The minimum atomic E-state index is -3.51. The number of nitrogens with zero attached hydrogens (tertiary/aromatic N) is 1. The molecule has 0 unspecified atom stereocenters. The molecule has 0 aliphatic rings. The van der Waals surface area contributed by atoms with E-state index in [0.29, 0.717) is 13.2 Å². The lowest BCUT2D eigenvalue weighted by Crippen LogP contribution is -2.40. The minimum Gasteiger partial charge on any atom is -0.492 e. The van der Waals surface area contributed by atoms with E-state index in [1.807, 2.05) is 63.2 Å². The normalized spacial score (nSPS) is 11.5. The second-order valence-electron chi connectivity index (χ2n) is 6.96. The van der Waals surface area contributed by atoms with Crippen LogP contribution in [0, 0.1) is 20.8 Å². The Morgan fingerprint density at radius 3 is 2.32 bits per heavy atom. The quantitative estimate of drug-likeness (QED) is 0.652. The number of benzene rings is 2. The lowest BCUT2D eigenvalue weighted by atomic mass is 10.1. The first-order valence-electron chi connectivity index (χ1n) is 9.12. The van der Waals surface area contributed by atoms with Gasteiger partial charge in [-0.05, 0) is 49.6 Å². The van der Waals surface area contributed by atoms with Crippen LogP contribution in [0.3, 0.4) is 0 Å². The number of ether oxygens (including phenoxy) is 1. The van der Waals surface area contributed by atoms with E-state index in [1.54, 1.807) is 0 Å². The van der Waals surface area contributed by atoms with E-state index in [4.69, 9.17) is 4.74 Å². The number of amides is 1. The van der Waals surface area contributed by atoms with E-state index in [9.17, 15) is 13.2 Å². The summed E-state index contributed by atoms with van der Waals surface area (Å²) in [6, 6.07) is 13.4. The molecular weight excluding hydrogens is 376 g/mol. The molecule has 0 aliphatic carbocycles. The lowest BCUT2D eigenvalue weighted by molar-refractivity contribution is -0.121. The average Bonchev–Trinajstić information content (AvgIpc) is 2.62. The summed E-state index contributed by atoms with van der Waals surface area (Å²) in [6.45, 7) is 6.55. The Kier molecular flexibility index (Phi) is 7.60. The number of hydrogen-bond donors (Lipinski definition) is 1. The molecule has 0 aliphatic heterocycles. The molecule has 0 bridgehead atoms. The van der Waals surface area contributed by atoms with Gasteiger partial charge in [0.1, 0.15) is 12.4 Å². The average molecular weight is 405 g/mol. The van der Waals surface area contributed by atoms with Gasteiger partial charge in [-0.25, -0.2) is 8.42 Å². The molecule has 2 rings (SSSR count). The summed E-state index contributed by atoms with van der Waals surface area (Å²) in [5.41, 5.74) is 4.26. The minimum absolute atomic E-state index is 0.158. The molecule has 0 saturated heterocycles. The van der Waals surface area contributed by atoms with Gasteiger partial charge < -0.3 is 10.1 Å². The van der Waals surface area contributed by atoms with Crippen LogP contribution in [0.25, 0.3) is 0 Å². The summed E-state index contributed by atoms with van der Waals surface area (Å²) in [5.74, 6) is 0.385. The maximum Gasteiger partial charge on any atom is 0.235 e. The van der Waals surface area contributed by atoms with Crippen LogP contribution in [0.4, 0.5) is 0 Å². The fraction of sp³-hybridized carbons (Fsp3) is 0.381. The Labute approximate surface area is 167 Å². The third-order valence-electron chi connectivity index (χ3n) is 4.44. The standard InChI is InChI=1S/C21H28N2O4S/c1-16-5-8-19(9-6-16)14-23(28(4,25)26)15-21(24)22-11-12-27-20-10-7-17(2)18(3)13-20/h5-10,13H,11-12,14-15H2,1-4H3,(H,22,24). The van der Waals surface area contributed by atoms with E-state index in [1.165, 1.54) is 5.56 Å². The van der Waals surface area contributed by atoms with Crippen LogP contribution in [-0.4, -0.2) is 44.6 Å². The molecule has 28 heavy (non-hydrogen) atoms. The number of nitrogens with one attached hydrogen (secondary N) is 1. The monoisotopic (exact) mass is 404 g/mol. The van der Waals surface area contributed by atoms with Gasteiger partial charge in [-0.1, -0.05) is 35.9 Å². The molecule has 0 saturated carbocycles. The van der Waals surface area contributed by atoms with Crippen LogP contribution in [0.2, 0.25) is 0 Å². The molecule has 0 atom stereocenters. The van der Waals surface area contributed by atoms with Gasteiger partial charge in [-0.3, -0.25) is 4.79 Å². The predicted octanol–water partition coefficient (Wildman–Crippen LogP) is 2.57. The van der Waals surface area contributed by atoms with Gasteiger partial charge in [0.15, 0.2) is 0 Å². The van der Waals surface area contributed by atoms with Crippen molar-refractivity contribution in [3.05, 3.63) is 64.7 Å². The van der Waals surface area contributed by atoms with Crippen molar-refractivity contribution in [1.82, 2.24) is 9.62 Å². The maximum absolute atomic E-state index is 12.2. The van der Waals surface area contributed by atoms with Crippen LogP contribution in [0.1, 0.15) is 22.3 Å². The van der Waals surface area contributed by atoms with Crippen molar-refractivity contribution < 1.29 is 17.9 Å².